The van der Waals surface area contributed by atoms with Crippen molar-refractivity contribution in [2.24, 2.45) is 0 Å². The Balaban J connectivity index is 2.33. The Morgan fingerprint density at radius 3 is 2.71 bits per heavy atom. The molecule has 0 aliphatic carbocycles. The van der Waals surface area contributed by atoms with E-state index >= 15 is 0 Å². The topological polar surface area (TPSA) is 3.24 Å². The molecule has 0 bridgehead atoms. The Bertz CT molecular complexity index is 60.7. The summed E-state index contributed by atoms with van der Waals surface area (Å²) < 4.78 is 2.57. The molecule has 1 rings (SSSR count). The molecule has 1 aliphatic heterocycles. The molecule has 42 valence electrons. The number of rotatable bonds is 0. The molecule has 0 amide bonds. The summed E-state index contributed by atoms with van der Waals surface area (Å²) in [5.74, 6) is 0. The minimum absolute atomic E-state index is 0.316. The maximum atomic E-state index is 2.57. The molecule has 3 heteroatoms. The van der Waals surface area contributed by atoms with Gasteiger partial charge in [0.1, 0.15) is 0 Å². The predicted molar refractivity (Wildman–Crippen MR) is 36.3 cm³/mol. The van der Waals surface area contributed by atoms with Crippen molar-refractivity contribution in [1.82, 2.24) is 4.57 Å². The Hall–Kier alpha value is 0.696. The van der Waals surface area contributed by atoms with E-state index in [0.717, 1.165) is 20.4 Å². The van der Waals surface area contributed by atoms with Gasteiger partial charge in [-0.15, -0.1) is 0 Å². The average molecular weight is 180 g/mol. The van der Waals surface area contributed by atoms with Gasteiger partial charge in [-0.2, -0.15) is 0 Å². The molecule has 1 atom stereocenters. The summed E-state index contributed by atoms with van der Waals surface area (Å²) in [6.45, 7) is 2.34. The van der Waals surface area contributed by atoms with E-state index in [9.17, 15) is 0 Å². The van der Waals surface area contributed by atoms with Crippen LogP contribution in [-0.4, -0.2) is 40.3 Å². The zero-order valence-electron chi connectivity index (χ0n) is 4.85. The third-order valence-electron chi connectivity index (χ3n) is 1.41. The van der Waals surface area contributed by atoms with Crippen molar-refractivity contribution in [3.63, 3.8) is 0 Å². The number of nitrogens with zero attached hydrogens (tertiary/aromatic N) is 1. The van der Waals surface area contributed by atoms with Gasteiger partial charge in [-0.1, -0.05) is 0 Å². The van der Waals surface area contributed by atoms with Crippen molar-refractivity contribution in [3.05, 3.63) is 0 Å². The average Bonchev–Trinajstić information content (AvgIpc) is 1.91. The van der Waals surface area contributed by atoms with E-state index in [-0.39, 0.29) is 0 Å². The predicted octanol–water partition coefficient (Wildman–Crippen LogP) is -0.558. The van der Waals surface area contributed by atoms with Crippen molar-refractivity contribution in [3.8, 4) is 0 Å². The quantitative estimate of drug-likeness (QED) is 0.452. The molecule has 1 unspecified atom stereocenters. The fourth-order valence-electron chi connectivity index (χ4n) is 0.622. The van der Waals surface area contributed by atoms with Gasteiger partial charge >= 0.3 is 52.5 Å². The molecular weight excluding hydrogens is 169 g/mol. The Morgan fingerprint density at radius 1 is 1.86 bits per heavy atom. The molecule has 0 aromatic carbocycles. The van der Waals surface area contributed by atoms with Crippen LogP contribution < -0.4 is 0 Å². The Kier molecular flexibility index (Phi) is 1.92. The molecule has 0 radical (unpaired) electrons. The van der Waals surface area contributed by atoms with Gasteiger partial charge in [0, 0.05) is 0 Å². The van der Waals surface area contributed by atoms with Gasteiger partial charge in [-0.25, -0.2) is 0 Å². The third-order valence-corrected chi connectivity index (χ3v) is 9.06. The van der Waals surface area contributed by atoms with Crippen LogP contribution in [0, 0.1) is 0 Å². The van der Waals surface area contributed by atoms with Crippen LogP contribution in [0.5, 0.6) is 0 Å². The second kappa shape index (κ2) is 2.31. The SMILES string of the molecule is CC1C[Se][SiH2]N1C. The summed E-state index contributed by atoms with van der Waals surface area (Å²) >= 11 is 1.08. The van der Waals surface area contributed by atoms with Gasteiger partial charge in [0.15, 0.2) is 0 Å². The molecule has 0 N–H and O–H groups in total. The van der Waals surface area contributed by atoms with Crippen LogP contribution in [0.1, 0.15) is 6.92 Å². The Labute approximate surface area is 53.0 Å². The molecule has 1 saturated heterocycles. The molecule has 7 heavy (non-hydrogen) atoms. The summed E-state index contributed by atoms with van der Waals surface area (Å²) in [7, 11) is 2.59. The standard InChI is InChI=1S/C4H11NSeSi/c1-4-3-6-7-5(4)2/h4H,3,7H2,1-2H3. The molecule has 0 aromatic rings. The first-order chi connectivity index (χ1) is 3.30. The van der Waals surface area contributed by atoms with E-state index in [1.54, 1.807) is 0 Å². The zero-order chi connectivity index (χ0) is 5.28. The van der Waals surface area contributed by atoms with Gasteiger partial charge in [-0.05, 0) is 0 Å². The molecule has 0 saturated carbocycles. The first-order valence-electron chi connectivity index (χ1n) is 2.58. The van der Waals surface area contributed by atoms with Gasteiger partial charge in [-0.3, -0.25) is 0 Å². The first kappa shape index (κ1) is 5.83. The molecule has 1 aliphatic rings. The van der Waals surface area contributed by atoms with Crippen LogP contribution in [0.3, 0.4) is 0 Å². The second-order valence-corrected chi connectivity index (χ2v) is 8.66. The van der Waals surface area contributed by atoms with Crippen molar-refractivity contribution in [1.29, 1.82) is 0 Å². The normalized spacial score (nSPS) is 37.7. The van der Waals surface area contributed by atoms with Crippen LogP contribution >= 0.6 is 0 Å². The van der Waals surface area contributed by atoms with E-state index in [2.05, 4.69) is 18.5 Å². The van der Waals surface area contributed by atoms with Crippen molar-refractivity contribution in [2.45, 2.75) is 18.3 Å². The summed E-state index contributed by atoms with van der Waals surface area (Å²) in [6.07, 6.45) is 0. The van der Waals surface area contributed by atoms with Gasteiger partial charge in [0.2, 0.25) is 0 Å². The van der Waals surface area contributed by atoms with Crippen molar-refractivity contribution in [2.75, 3.05) is 7.05 Å². The van der Waals surface area contributed by atoms with Gasteiger partial charge in [0.25, 0.3) is 0 Å². The third kappa shape index (κ3) is 1.29. The molecule has 1 nitrogen and oxygen atoms in total. The van der Waals surface area contributed by atoms with Crippen LogP contribution in [0.4, 0.5) is 0 Å². The van der Waals surface area contributed by atoms with E-state index in [4.69, 9.17) is 0 Å². The van der Waals surface area contributed by atoms with Gasteiger partial charge < -0.3 is 0 Å². The van der Waals surface area contributed by atoms with Crippen molar-refractivity contribution >= 4 is 22.6 Å². The van der Waals surface area contributed by atoms with E-state index in [0.29, 0.717) is 8.29 Å². The van der Waals surface area contributed by atoms with E-state index in [1.165, 1.54) is 5.32 Å². The van der Waals surface area contributed by atoms with Gasteiger partial charge in [0.05, 0.1) is 0 Å². The summed E-state index contributed by atoms with van der Waals surface area (Å²) in [6, 6.07) is 0.937. The number of hydrogen-bond donors (Lipinski definition) is 0. The van der Waals surface area contributed by atoms with E-state index in [1.807, 2.05) is 0 Å². The fourth-order valence-corrected chi connectivity index (χ4v) is 8.92. The summed E-state index contributed by atoms with van der Waals surface area (Å²) in [5, 5.41) is 1.52. The summed E-state index contributed by atoms with van der Waals surface area (Å²) in [4.78, 5) is 0. The zero-order valence-corrected chi connectivity index (χ0v) is 7.97. The number of hydrogen-bond acceptors (Lipinski definition) is 1. The van der Waals surface area contributed by atoms with Crippen LogP contribution in [0.15, 0.2) is 0 Å². The minimum atomic E-state index is 0.316. The molecule has 1 fully saturated rings. The fraction of sp³-hybridized carbons (Fsp3) is 1.00. The molecular formula is C4H11NSeSi. The van der Waals surface area contributed by atoms with Crippen molar-refractivity contribution < 1.29 is 0 Å². The molecule has 0 aromatic heterocycles. The molecule has 1 heterocycles. The first-order valence-corrected chi connectivity index (χ1v) is 8.64. The Morgan fingerprint density at radius 2 is 2.57 bits per heavy atom. The maximum absolute atomic E-state index is 2.57. The monoisotopic (exact) mass is 181 g/mol. The second-order valence-electron chi connectivity index (χ2n) is 2.11. The van der Waals surface area contributed by atoms with E-state index < -0.39 is 0 Å². The molecule has 0 spiro atoms. The summed E-state index contributed by atoms with van der Waals surface area (Å²) in [5.41, 5.74) is 0. The van der Waals surface area contributed by atoms with Crippen LogP contribution in [-0.2, 0) is 0 Å². The van der Waals surface area contributed by atoms with Crippen LogP contribution in [0.2, 0.25) is 5.32 Å². The van der Waals surface area contributed by atoms with Crippen LogP contribution in [0.25, 0.3) is 0 Å².